The van der Waals surface area contributed by atoms with Crippen LogP contribution in [-0.4, -0.2) is 8.07 Å². The lowest BCUT2D eigenvalue weighted by molar-refractivity contribution is 0.832. The summed E-state index contributed by atoms with van der Waals surface area (Å²) in [5, 5.41) is 5.96. The fraction of sp³-hybridized carbons (Fsp3) is 0.231. The second-order valence-electron chi connectivity index (χ2n) is 9.06. The number of rotatable bonds is 2. The van der Waals surface area contributed by atoms with Crippen molar-refractivity contribution in [1.29, 1.82) is 0 Å². The van der Waals surface area contributed by atoms with Gasteiger partial charge in [-0.2, -0.15) is 0 Å². The lowest BCUT2D eigenvalue weighted by atomic mass is 10.1. The van der Waals surface area contributed by atoms with Gasteiger partial charge in [-0.3, -0.25) is 0 Å². The van der Waals surface area contributed by atoms with Gasteiger partial charge in [0.2, 0.25) is 0 Å². The standard InChI is InChI=1S/C26H24Si/c1-27(2,23-15-19-11-3-7-17-9-5-13-21(23)25(17)19)24-16-20-12-4-8-18-10-6-14-22(24)26(18)20/h3-14,23-24H,15-16H2,1-2H3. The predicted octanol–water partition coefficient (Wildman–Crippen LogP) is 6.76. The molecule has 0 fully saturated rings. The fourth-order valence-corrected chi connectivity index (χ4v) is 10.1. The van der Waals surface area contributed by atoms with Crippen molar-refractivity contribution in [3.8, 4) is 0 Å². The van der Waals surface area contributed by atoms with Crippen LogP contribution in [0.5, 0.6) is 0 Å². The average Bonchev–Trinajstić information content (AvgIpc) is 3.26. The van der Waals surface area contributed by atoms with E-state index in [1.54, 1.807) is 33.0 Å². The van der Waals surface area contributed by atoms with Crippen LogP contribution in [0.2, 0.25) is 13.1 Å². The summed E-state index contributed by atoms with van der Waals surface area (Å²) < 4.78 is 0. The topological polar surface area (TPSA) is 0 Å². The first kappa shape index (κ1) is 15.7. The van der Waals surface area contributed by atoms with E-state index in [1.165, 1.54) is 23.6 Å². The van der Waals surface area contributed by atoms with Crippen molar-refractivity contribution in [2.45, 2.75) is 37.0 Å². The highest BCUT2D eigenvalue weighted by Gasteiger charge is 2.46. The van der Waals surface area contributed by atoms with Crippen LogP contribution in [0.25, 0.3) is 21.5 Å². The number of hydrogen-bond donors (Lipinski definition) is 0. The lowest BCUT2D eigenvalue weighted by Crippen LogP contribution is -2.42. The summed E-state index contributed by atoms with van der Waals surface area (Å²) in [4.78, 5) is 0. The van der Waals surface area contributed by atoms with E-state index in [4.69, 9.17) is 0 Å². The van der Waals surface area contributed by atoms with E-state index in [0.29, 0.717) is 11.1 Å². The third kappa shape index (κ3) is 2.04. The molecular formula is C26H24Si. The maximum atomic E-state index is 2.65. The smallest absolute Gasteiger partial charge is 0.0636 e. The summed E-state index contributed by atoms with van der Waals surface area (Å²) in [5.41, 5.74) is 7.83. The minimum atomic E-state index is -1.58. The molecule has 2 aliphatic carbocycles. The normalized spacial score (nSPS) is 20.7. The third-order valence-corrected chi connectivity index (χ3v) is 12.1. The van der Waals surface area contributed by atoms with Crippen LogP contribution in [0.4, 0.5) is 0 Å². The quantitative estimate of drug-likeness (QED) is 0.345. The fourth-order valence-electron chi connectivity index (χ4n) is 6.05. The van der Waals surface area contributed by atoms with E-state index in [1.807, 2.05) is 0 Å². The van der Waals surface area contributed by atoms with E-state index in [-0.39, 0.29) is 0 Å². The molecule has 0 saturated heterocycles. The van der Waals surface area contributed by atoms with Crippen molar-refractivity contribution in [3.63, 3.8) is 0 Å². The summed E-state index contributed by atoms with van der Waals surface area (Å²) >= 11 is 0. The molecule has 0 nitrogen and oxygen atoms in total. The summed E-state index contributed by atoms with van der Waals surface area (Å²) in [6, 6.07) is 27.7. The van der Waals surface area contributed by atoms with E-state index >= 15 is 0 Å². The van der Waals surface area contributed by atoms with Gasteiger partial charge in [0.05, 0.1) is 8.07 Å². The molecule has 4 aromatic carbocycles. The summed E-state index contributed by atoms with van der Waals surface area (Å²) in [6.45, 7) is 5.30. The Bertz CT molecular complexity index is 1110. The van der Waals surface area contributed by atoms with Gasteiger partial charge in [-0.25, -0.2) is 0 Å². The highest BCUT2D eigenvalue weighted by molar-refractivity contribution is 6.80. The zero-order valence-corrected chi connectivity index (χ0v) is 17.0. The van der Waals surface area contributed by atoms with E-state index in [2.05, 4.69) is 85.9 Å². The molecule has 2 aliphatic rings. The van der Waals surface area contributed by atoms with Crippen molar-refractivity contribution in [3.05, 3.63) is 95.1 Å². The van der Waals surface area contributed by atoms with Crippen molar-refractivity contribution in [2.24, 2.45) is 0 Å². The van der Waals surface area contributed by atoms with Crippen molar-refractivity contribution < 1.29 is 0 Å². The molecule has 6 rings (SSSR count). The maximum Gasteiger partial charge on any atom is 0.0636 e. The Morgan fingerprint density at radius 1 is 0.593 bits per heavy atom. The van der Waals surface area contributed by atoms with Crippen LogP contribution in [0.1, 0.15) is 33.3 Å². The Morgan fingerprint density at radius 3 is 1.44 bits per heavy atom. The molecule has 0 aromatic heterocycles. The Morgan fingerprint density at radius 2 is 1.00 bits per heavy atom. The van der Waals surface area contributed by atoms with Gasteiger partial charge >= 0.3 is 0 Å². The Balaban J connectivity index is 1.51. The molecule has 4 aromatic rings. The van der Waals surface area contributed by atoms with Gasteiger partial charge in [0.1, 0.15) is 0 Å². The van der Waals surface area contributed by atoms with Crippen LogP contribution in [-0.2, 0) is 12.8 Å². The zero-order valence-electron chi connectivity index (χ0n) is 16.0. The maximum absolute atomic E-state index is 2.65. The minimum Gasteiger partial charge on any atom is -0.0684 e. The molecule has 0 heterocycles. The minimum absolute atomic E-state index is 0.716. The third-order valence-electron chi connectivity index (χ3n) is 7.44. The van der Waals surface area contributed by atoms with Crippen LogP contribution in [0.15, 0.2) is 72.8 Å². The van der Waals surface area contributed by atoms with E-state index in [9.17, 15) is 0 Å². The van der Waals surface area contributed by atoms with Gasteiger partial charge in [-0.1, -0.05) is 85.9 Å². The molecule has 0 spiro atoms. The molecule has 27 heavy (non-hydrogen) atoms. The SMILES string of the molecule is C[Si](C)(C1Cc2cccc3cccc1c23)C1Cc2cccc3cccc1c23. The van der Waals surface area contributed by atoms with Crippen molar-refractivity contribution in [1.82, 2.24) is 0 Å². The zero-order chi connectivity index (χ0) is 18.2. The van der Waals surface area contributed by atoms with Gasteiger partial charge in [-0.05, 0) is 67.7 Å². The molecule has 0 aliphatic heterocycles. The molecule has 0 N–H and O–H groups in total. The first-order valence-corrected chi connectivity index (χ1v) is 13.3. The first-order chi connectivity index (χ1) is 13.1. The second kappa shape index (κ2) is 5.33. The van der Waals surface area contributed by atoms with Crippen molar-refractivity contribution in [2.75, 3.05) is 0 Å². The Kier molecular flexibility index (Phi) is 3.09. The molecule has 2 atom stereocenters. The highest BCUT2D eigenvalue weighted by Crippen LogP contribution is 2.51. The Labute approximate surface area is 161 Å². The first-order valence-electron chi connectivity index (χ1n) is 10.2. The van der Waals surface area contributed by atoms with Crippen LogP contribution in [0.3, 0.4) is 0 Å². The van der Waals surface area contributed by atoms with E-state index in [0.717, 1.165) is 0 Å². The molecule has 1 heteroatoms. The monoisotopic (exact) mass is 364 g/mol. The number of hydrogen-bond acceptors (Lipinski definition) is 0. The average molecular weight is 365 g/mol. The largest absolute Gasteiger partial charge is 0.0684 e. The summed E-state index contributed by atoms with van der Waals surface area (Å²) in [6.07, 6.45) is 2.47. The second-order valence-corrected chi connectivity index (χ2v) is 14.1. The van der Waals surface area contributed by atoms with Crippen LogP contribution < -0.4 is 0 Å². The summed E-state index contributed by atoms with van der Waals surface area (Å²) in [7, 11) is -1.58. The molecule has 2 unspecified atom stereocenters. The molecular weight excluding hydrogens is 340 g/mol. The van der Waals surface area contributed by atoms with Crippen LogP contribution >= 0.6 is 0 Å². The lowest BCUT2D eigenvalue weighted by Gasteiger charge is -2.37. The number of benzene rings is 4. The molecule has 132 valence electrons. The summed E-state index contributed by atoms with van der Waals surface area (Å²) in [5.74, 6) is 0. The Hall–Kier alpha value is -2.38. The van der Waals surface area contributed by atoms with Gasteiger partial charge < -0.3 is 0 Å². The molecule has 0 amide bonds. The van der Waals surface area contributed by atoms with Crippen molar-refractivity contribution >= 4 is 29.6 Å². The van der Waals surface area contributed by atoms with Crippen LogP contribution in [0, 0.1) is 0 Å². The highest BCUT2D eigenvalue weighted by atomic mass is 28.3. The van der Waals surface area contributed by atoms with Gasteiger partial charge in [-0.15, -0.1) is 0 Å². The molecule has 0 bridgehead atoms. The van der Waals surface area contributed by atoms with Gasteiger partial charge in [0.15, 0.2) is 0 Å². The predicted molar refractivity (Wildman–Crippen MR) is 118 cm³/mol. The van der Waals surface area contributed by atoms with Gasteiger partial charge in [0.25, 0.3) is 0 Å². The molecule has 0 saturated carbocycles. The molecule has 0 radical (unpaired) electrons. The van der Waals surface area contributed by atoms with Gasteiger partial charge in [0, 0.05) is 0 Å². The van der Waals surface area contributed by atoms with E-state index < -0.39 is 8.07 Å².